The van der Waals surface area contributed by atoms with Gasteiger partial charge < -0.3 is 10.2 Å². The molecule has 1 heterocycles. The fourth-order valence-corrected chi connectivity index (χ4v) is 4.83. The zero-order chi connectivity index (χ0) is 23.0. The van der Waals surface area contributed by atoms with E-state index in [0.29, 0.717) is 43.9 Å². The molecular weight excluding hydrogens is 428 g/mol. The molecule has 0 aromatic heterocycles. The molecule has 0 aliphatic carbocycles. The highest BCUT2D eigenvalue weighted by Gasteiger charge is 2.26. The molecule has 8 nitrogen and oxygen atoms in total. The number of nitrogens with zero attached hydrogens (tertiary/aromatic N) is 3. The lowest BCUT2D eigenvalue weighted by molar-refractivity contribution is -0.130. The van der Waals surface area contributed by atoms with Gasteiger partial charge in [0.2, 0.25) is 11.8 Å². The fraction of sp³-hybridized carbons (Fsp3) is 0.348. The summed E-state index contributed by atoms with van der Waals surface area (Å²) in [6.07, 6.45) is 0. The lowest BCUT2D eigenvalue weighted by atomic mass is 10.2. The van der Waals surface area contributed by atoms with Crippen molar-refractivity contribution in [1.29, 1.82) is 5.26 Å². The molecule has 0 spiro atoms. The minimum absolute atomic E-state index is 0.0846. The van der Waals surface area contributed by atoms with Crippen LogP contribution >= 0.6 is 0 Å². The van der Waals surface area contributed by atoms with Crippen molar-refractivity contribution in [3.8, 4) is 6.07 Å². The van der Waals surface area contributed by atoms with E-state index in [1.807, 2.05) is 41.3 Å². The van der Waals surface area contributed by atoms with Crippen LogP contribution in [0.3, 0.4) is 0 Å². The minimum Gasteiger partial charge on any atom is -0.351 e. The molecule has 2 aromatic carbocycles. The Morgan fingerprint density at radius 2 is 1.59 bits per heavy atom. The Labute approximate surface area is 188 Å². The third-order valence-electron chi connectivity index (χ3n) is 5.24. The van der Waals surface area contributed by atoms with Crippen molar-refractivity contribution in [2.24, 2.45) is 0 Å². The SMILES string of the molecule is N#Cc1ccc(CS(=O)(=O)CC(=O)N2CCN(CC(=O)NCc3ccccc3)CC2)cc1. The monoisotopic (exact) mass is 454 g/mol. The number of hydrogen-bond donors (Lipinski definition) is 1. The molecule has 3 rings (SSSR count). The van der Waals surface area contributed by atoms with Crippen LogP contribution < -0.4 is 5.32 Å². The van der Waals surface area contributed by atoms with Gasteiger partial charge in [-0.3, -0.25) is 14.5 Å². The molecule has 0 unspecified atom stereocenters. The third-order valence-corrected chi connectivity index (χ3v) is 6.70. The van der Waals surface area contributed by atoms with E-state index in [0.717, 1.165) is 5.56 Å². The summed E-state index contributed by atoms with van der Waals surface area (Å²) in [5.74, 6) is -1.30. The molecule has 0 atom stereocenters. The van der Waals surface area contributed by atoms with E-state index < -0.39 is 21.5 Å². The molecule has 2 aromatic rings. The highest BCUT2D eigenvalue weighted by Crippen LogP contribution is 2.10. The molecule has 0 bridgehead atoms. The third kappa shape index (κ3) is 7.18. The molecule has 0 saturated carbocycles. The standard InChI is InChI=1S/C23H26N4O4S/c24-14-19-6-8-21(9-7-19)17-32(30,31)18-23(29)27-12-10-26(11-13-27)16-22(28)25-15-20-4-2-1-3-5-20/h1-9H,10-13,15-18H2,(H,25,28). The van der Waals surface area contributed by atoms with E-state index in [-0.39, 0.29) is 18.2 Å². The summed E-state index contributed by atoms with van der Waals surface area (Å²) in [6, 6.07) is 17.9. The van der Waals surface area contributed by atoms with Crippen LogP contribution in [0.25, 0.3) is 0 Å². The van der Waals surface area contributed by atoms with Crippen LogP contribution in [0.1, 0.15) is 16.7 Å². The van der Waals surface area contributed by atoms with E-state index in [9.17, 15) is 18.0 Å². The molecule has 2 amide bonds. The maximum absolute atomic E-state index is 12.5. The van der Waals surface area contributed by atoms with Crippen molar-refractivity contribution in [3.63, 3.8) is 0 Å². The number of amides is 2. The summed E-state index contributed by atoms with van der Waals surface area (Å²) in [5.41, 5.74) is 2.02. The van der Waals surface area contributed by atoms with Crippen LogP contribution in [0.15, 0.2) is 54.6 Å². The van der Waals surface area contributed by atoms with E-state index >= 15 is 0 Å². The molecule has 1 saturated heterocycles. The highest BCUT2D eigenvalue weighted by atomic mass is 32.2. The van der Waals surface area contributed by atoms with Gasteiger partial charge in [-0.1, -0.05) is 42.5 Å². The Morgan fingerprint density at radius 3 is 2.22 bits per heavy atom. The van der Waals surface area contributed by atoms with Gasteiger partial charge in [-0.2, -0.15) is 5.26 Å². The molecule has 32 heavy (non-hydrogen) atoms. The van der Waals surface area contributed by atoms with Crippen LogP contribution in [0, 0.1) is 11.3 Å². The molecule has 1 N–H and O–H groups in total. The summed E-state index contributed by atoms with van der Waals surface area (Å²) in [6.45, 7) is 2.51. The first-order valence-electron chi connectivity index (χ1n) is 10.3. The Kier molecular flexibility index (Phi) is 7.98. The lowest BCUT2D eigenvalue weighted by Crippen LogP contribution is -2.52. The number of rotatable bonds is 8. The molecular formula is C23H26N4O4S. The lowest BCUT2D eigenvalue weighted by Gasteiger charge is -2.34. The van der Waals surface area contributed by atoms with E-state index in [2.05, 4.69) is 5.32 Å². The number of sulfone groups is 1. The van der Waals surface area contributed by atoms with Gasteiger partial charge in [-0.25, -0.2) is 8.42 Å². The minimum atomic E-state index is -3.62. The number of piperazine rings is 1. The maximum atomic E-state index is 12.5. The second kappa shape index (κ2) is 10.9. The van der Waals surface area contributed by atoms with Gasteiger partial charge in [-0.15, -0.1) is 0 Å². The van der Waals surface area contributed by atoms with Crippen molar-refractivity contribution < 1.29 is 18.0 Å². The largest absolute Gasteiger partial charge is 0.351 e. The maximum Gasteiger partial charge on any atom is 0.237 e. The zero-order valence-corrected chi connectivity index (χ0v) is 18.6. The van der Waals surface area contributed by atoms with Gasteiger partial charge >= 0.3 is 0 Å². The normalized spacial score (nSPS) is 14.5. The highest BCUT2D eigenvalue weighted by molar-refractivity contribution is 7.91. The van der Waals surface area contributed by atoms with Crippen molar-refractivity contribution in [2.45, 2.75) is 12.3 Å². The van der Waals surface area contributed by atoms with Crippen molar-refractivity contribution >= 4 is 21.7 Å². The summed E-state index contributed by atoms with van der Waals surface area (Å²) >= 11 is 0. The predicted molar refractivity (Wildman–Crippen MR) is 120 cm³/mol. The summed E-state index contributed by atoms with van der Waals surface area (Å²) in [4.78, 5) is 28.2. The number of hydrogen-bond acceptors (Lipinski definition) is 6. The predicted octanol–water partition coefficient (Wildman–Crippen LogP) is 0.934. The number of nitriles is 1. The molecule has 1 aliphatic rings. The Hall–Kier alpha value is -3.22. The second-order valence-electron chi connectivity index (χ2n) is 7.76. The zero-order valence-electron chi connectivity index (χ0n) is 17.7. The van der Waals surface area contributed by atoms with Crippen LogP contribution in [-0.4, -0.2) is 68.5 Å². The fourth-order valence-electron chi connectivity index (χ4n) is 3.47. The summed E-state index contributed by atoms with van der Waals surface area (Å²) in [7, 11) is -3.62. The second-order valence-corrected chi connectivity index (χ2v) is 9.82. The average molecular weight is 455 g/mol. The van der Waals surface area contributed by atoms with Gasteiger partial charge in [0.05, 0.1) is 23.9 Å². The quantitative estimate of drug-likeness (QED) is 0.635. The van der Waals surface area contributed by atoms with E-state index in [1.165, 1.54) is 4.90 Å². The summed E-state index contributed by atoms with van der Waals surface area (Å²) < 4.78 is 24.9. The molecule has 0 radical (unpaired) electrons. The van der Waals surface area contributed by atoms with E-state index in [1.54, 1.807) is 24.3 Å². The Balaban J connectivity index is 1.41. The first kappa shape index (κ1) is 23.4. The molecule has 168 valence electrons. The molecule has 9 heteroatoms. The Morgan fingerprint density at radius 1 is 0.938 bits per heavy atom. The van der Waals surface area contributed by atoms with Crippen LogP contribution in [0.2, 0.25) is 0 Å². The first-order chi connectivity index (χ1) is 15.3. The summed E-state index contributed by atoms with van der Waals surface area (Å²) in [5, 5.41) is 11.7. The van der Waals surface area contributed by atoms with Crippen molar-refractivity contribution in [3.05, 3.63) is 71.3 Å². The van der Waals surface area contributed by atoms with E-state index in [4.69, 9.17) is 5.26 Å². The smallest absolute Gasteiger partial charge is 0.237 e. The molecule has 1 fully saturated rings. The van der Waals surface area contributed by atoms with Crippen LogP contribution in [0.5, 0.6) is 0 Å². The van der Waals surface area contributed by atoms with Gasteiger partial charge in [0.15, 0.2) is 9.84 Å². The number of benzene rings is 2. The Bertz CT molecular complexity index is 1070. The average Bonchev–Trinajstić information content (AvgIpc) is 2.79. The van der Waals surface area contributed by atoms with Crippen LogP contribution in [-0.2, 0) is 31.7 Å². The van der Waals surface area contributed by atoms with Gasteiger partial charge in [0, 0.05) is 32.7 Å². The molecule has 1 aliphatic heterocycles. The van der Waals surface area contributed by atoms with Crippen molar-refractivity contribution in [2.75, 3.05) is 38.5 Å². The van der Waals surface area contributed by atoms with Gasteiger partial charge in [0.1, 0.15) is 5.75 Å². The van der Waals surface area contributed by atoms with Crippen molar-refractivity contribution in [1.82, 2.24) is 15.1 Å². The number of nitrogens with one attached hydrogen (secondary N) is 1. The van der Waals surface area contributed by atoms with Crippen LogP contribution in [0.4, 0.5) is 0 Å². The van der Waals surface area contributed by atoms with Gasteiger partial charge in [-0.05, 0) is 23.3 Å². The topological polar surface area (TPSA) is 111 Å². The number of carbonyl (C=O) groups is 2. The first-order valence-corrected chi connectivity index (χ1v) is 12.2. The van der Waals surface area contributed by atoms with Gasteiger partial charge in [0.25, 0.3) is 0 Å². The number of carbonyl (C=O) groups excluding carboxylic acids is 2.